The highest BCUT2D eigenvalue weighted by Gasteiger charge is 2.30. The van der Waals surface area contributed by atoms with Gasteiger partial charge in [-0.05, 0) is 30.7 Å². The Morgan fingerprint density at radius 1 is 1.56 bits per heavy atom. The minimum atomic E-state index is -0.298. The second kappa shape index (κ2) is 4.22. The summed E-state index contributed by atoms with van der Waals surface area (Å²) >= 11 is 0. The van der Waals surface area contributed by atoms with Crippen LogP contribution in [0, 0.1) is 18.7 Å². The number of amides is 1. The molecule has 1 amide bonds. The zero-order chi connectivity index (χ0) is 11.7. The molecule has 1 aromatic rings. The van der Waals surface area contributed by atoms with Gasteiger partial charge in [0.1, 0.15) is 5.82 Å². The molecule has 0 bridgehead atoms. The van der Waals surface area contributed by atoms with Crippen LogP contribution in [0.1, 0.15) is 15.9 Å². The Labute approximate surface area is 93.5 Å². The predicted octanol–water partition coefficient (Wildman–Crippen LogP) is 1.20. The van der Waals surface area contributed by atoms with E-state index in [1.807, 2.05) is 0 Å². The summed E-state index contributed by atoms with van der Waals surface area (Å²) in [5.41, 5.74) is 0.986. The lowest BCUT2D eigenvalue weighted by Crippen LogP contribution is -2.51. The predicted molar refractivity (Wildman–Crippen MR) is 57.6 cm³/mol. The van der Waals surface area contributed by atoms with Gasteiger partial charge in [-0.3, -0.25) is 4.79 Å². The number of hydrogen-bond acceptors (Lipinski definition) is 2. The number of aliphatic hydroxyl groups excluding tert-OH is 1. The van der Waals surface area contributed by atoms with Gasteiger partial charge in [0.05, 0.1) is 0 Å². The standard InChI is InChI=1S/C12H14FNO2/c1-8-4-10(2-3-11(8)13)12(16)14-5-9(6-14)7-15/h2-4,9,15H,5-7H2,1H3. The van der Waals surface area contributed by atoms with Gasteiger partial charge < -0.3 is 10.0 Å². The summed E-state index contributed by atoms with van der Waals surface area (Å²) in [6.45, 7) is 2.93. The summed E-state index contributed by atoms with van der Waals surface area (Å²) in [7, 11) is 0. The lowest BCUT2D eigenvalue weighted by atomic mass is 9.99. The first kappa shape index (κ1) is 11.1. The van der Waals surface area contributed by atoms with Crippen LogP contribution in [0.4, 0.5) is 4.39 Å². The summed E-state index contributed by atoms with van der Waals surface area (Å²) in [4.78, 5) is 13.5. The fourth-order valence-corrected chi connectivity index (χ4v) is 1.81. The molecule has 0 aliphatic carbocycles. The minimum Gasteiger partial charge on any atom is -0.396 e. The highest BCUT2D eigenvalue weighted by molar-refractivity contribution is 5.94. The molecule has 1 N–H and O–H groups in total. The van der Waals surface area contributed by atoms with E-state index in [9.17, 15) is 9.18 Å². The van der Waals surface area contributed by atoms with E-state index < -0.39 is 0 Å². The van der Waals surface area contributed by atoms with Crippen LogP contribution in [-0.4, -0.2) is 35.6 Å². The summed E-state index contributed by atoms with van der Waals surface area (Å²) in [5, 5.41) is 8.85. The Balaban J connectivity index is 2.07. The van der Waals surface area contributed by atoms with Gasteiger partial charge in [-0.1, -0.05) is 0 Å². The van der Waals surface area contributed by atoms with E-state index in [0.29, 0.717) is 24.2 Å². The molecular formula is C12H14FNO2. The van der Waals surface area contributed by atoms with Gasteiger partial charge in [-0.25, -0.2) is 4.39 Å². The number of likely N-dealkylation sites (tertiary alicyclic amines) is 1. The van der Waals surface area contributed by atoms with E-state index in [0.717, 1.165) is 0 Å². The highest BCUT2D eigenvalue weighted by Crippen LogP contribution is 2.19. The molecule has 1 heterocycles. The lowest BCUT2D eigenvalue weighted by Gasteiger charge is -2.38. The Morgan fingerprint density at radius 3 is 2.81 bits per heavy atom. The molecule has 1 aliphatic heterocycles. The first-order chi connectivity index (χ1) is 7.61. The molecule has 0 aromatic heterocycles. The van der Waals surface area contributed by atoms with Gasteiger partial charge >= 0.3 is 0 Å². The first-order valence-electron chi connectivity index (χ1n) is 5.28. The number of carbonyl (C=O) groups is 1. The zero-order valence-electron chi connectivity index (χ0n) is 9.11. The van der Waals surface area contributed by atoms with Gasteiger partial charge in [0.15, 0.2) is 0 Å². The van der Waals surface area contributed by atoms with Crippen LogP contribution in [0.25, 0.3) is 0 Å². The quantitative estimate of drug-likeness (QED) is 0.818. The Kier molecular flexibility index (Phi) is 2.92. The fraction of sp³-hybridized carbons (Fsp3) is 0.417. The van der Waals surface area contributed by atoms with Gasteiger partial charge in [0, 0.05) is 31.2 Å². The maximum Gasteiger partial charge on any atom is 0.253 e. The number of carbonyl (C=O) groups excluding carboxylic acids is 1. The summed E-state index contributed by atoms with van der Waals surface area (Å²) < 4.78 is 13.0. The number of benzene rings is 1. The largest absolute Gasteiger partial charge is 0.396 e. The number of rotatable bonds is 2. The monoisotopic (exact) mass is 223 g/mol. The van der Waals surface area contributed by atoms with Gasteiger partial charge in [0.25, 0.3) is 5.91 Å². The van der Waals surface area contributed by atoms with Crippen LogP contribution < -0.4 is 0 Å². The number of aliphatic hydroxyl groups is 1. The number of halogens is 1. The molecule has 1 aromatic carbocycles. The van der Waals surface area contributed by atoms with Crippen LogP contribution in [0.15, 0.2) is 18.2 Å². The van der Waals surface area contributed by atoms with Crippen molar-refractivity contribution >= 4 is 5.91 Å². The average molecular weight is 223 g/mol. The third-order valence-corrected chi connectivity index (χ3v) is 2.91. The zero-order valence-corrected chi connectivity index (χ0v) is 9.11. The van der Waals surface area contributed by atoms with E-state index in [-0.39, 0.29) is 24.2 Å². The van der Waals surface area contributed by atoms with Gasteiger partial charge in [-0.2, -0.15) is 0 Å². The maximum atomic E-state index is 13.0. The van der Waals surface area contributed by atoms with Crippen molar-refractivity contribution in [3.05, 3.63) is 35.1 Å². The molecule has 16 heavy (non-hydrogen) atoms. The first-order valence-corrected chi connectivity index (χ1v) is 5.28. The molecule has 2 rings (SSSR count). The van der Waals surface area contributed by atoms with Crippen molar-refractivity contribution in [2.24, 2.45) is 5.92 Å². The molecule has 0 spiro atoms. The van der Waals surface area contributed by atoms with E-state index in [2.05, 4.69) is 0 Å². The summed E-state index contributed by atoms with van der Waals surface area (Å²) in [5.74, 6) is -0.188. The van der Waals surface area contributed by atoms with Gasteiger partial charge in [0.2, 0.25) is 0 Å². The molecule has 0 unspecified atom stereocenters. The molecule has 0 saturated carbocycles. The van der Waals surface area contributed by atoms with Crippen LogP contribution in [-0.2, 0) is 0 Å². The third kappa shape index (κ3) is 1.93. The van der Waals surface area contributed by atoms with Crippen molar-refractivity contribution in [3.8, 4) is 0 Å². The molecule has 1 fully saturated rings. The lowest BCUT2D eigenvalue weighted by molar-refractivity contribution is 0.0362. The SMILES string of the molecule is Cc1cc(C(=O)N2CC(CO)C2)ccc1F. The summed E-state index contributed by atoms with van der Waals surface area (Å²) in [6.07, 6.45) is 0. The molecule has 3 nitrogen and oxygen atoms in total. The number of aryl methyl sites for hydroxylation is 1. The Morgan fingerprint density at radius 2 is 2.25 bits per heavy atom. The molecule has 1 aliphatic rings. The minimum absolute atomic E-state index is 0.0900. The average Bonchev–Trinajstić information content (AvgIpc) is 2.20. The third-order valence-electron chi connectivity index (χ3n) is 2.91. The number of hydrogen-bond donors (Lipinski definition) is 1. The van der Waals surface area contributed by atoms with Crippen molar-refractivity contribution in [3.63, 3.8) is 0 Å². The second-order valence-electron chi connectivity index (χ2n) is 4.22. The van der Waals surface area contributed by atoms with Crippen molar-refractivity contribution in [2.45, 2.75) is 6.92 Å². The highest BCUT2D eigenvalue weighted by atomic mass is 19.1. The van der Waals surface area contributed by atoms with Crippen molar-refractivity contribution in [1.82, 2.24) is 4.90 Å². The number of nitrogens with zero attached hydrogens (tertiary/aromatic N) is 1. The summed E-state index contributed by atoms with van der Waals surface area (Å²) in [6, 6.07) is 4.37. The molecule has 0 radical (unpaired) electrons. The topological polar surface area (TPSA) is 40.5 Å². The smallest absolute Gasteiger partial charge is 0.253 e. The van der Waals surface area contributed by atoms with E-state index in [4.69, 9.17) is 5.11 Å². The second-order valence-corrected chi connectivity index (χ2v) is 4.22. The van der Waals surface area contributed by atoms with Gasteiger partial charge in [-0.15, -0.1) is 0 Å². The Bertz CT molecular complexity index is 413. The molecule has 4 heteroatoms. The van der Waals surface area contributed by atoms with Crippen LogP contribution in [0.3, 0.4) is 0 Å². The maximum absolute atomic E-state index is 13.0. The van der Waals surface area contributed by atoms with E-state index in [1.165, 1.54) is 12.1 Å². The van der Waals surface area contributed by atoms with Crippen molar-refractivity contribution < 1.29 is 14.3 Å². The fourth-order valence-electron chi connectivity index (χ4n) is 1.81. The van der Waals surface area contributed by atoms with Crippen molar-refractivity contribution in [1.29, 1.82) is 0 Å². The molecular weight excluding hydrogens is 209 g/mol. The van der Waals surface area contributed by atoms with E-state index >= 15 is 0 Å². The van der Waals surface area contributed by atoms with Crippen molar-refractivity contribution in [2.75, 3.05) is 19.7 Å². The normalized spacial score (nSPS) is 16.1. The van der Waals surface area contributed by atoms with Crippen LogP contribution in [0.2, 0.25) is 0 Å². The van der Waals surface area contributed by atoms with Crippen LogP contribution >= 0.6 is 0 Å². The Hall–Kier alpha value is -1.42. The molecule has 0 atom stereocenters. The molecule has 1 saturated heterocycles. The molecule has 86 valence electrons. The van der Waals surface area contributed by atoms with E-state index in [1.54, 1.807) is 17.9 Å². The van der Waals surface area contributed by atoms with Crippen LogP contribution in [0.5, 0.6) is 0 Å².